The van der Waals surface area contributed by atoms with E-state index in [4.69, 9.17) is 5.73 Å². The van der Waals surface area contributed by atoms with Gasteiger partial charge in [0, 0.05) is 27.8 Å². The van der Waals surface area contributed by atoms with Gasteiger partial charge >= 0.3 is 0 Å². The van der Waals surface area contributed by atoms with Crippen molar-refractivity contribution in [1.29, 1.82) is 0 Å². The number of nitrogens with two attached hydrogens (primary N) is 1. The molecule has 0 radical (unpaired) electrons. The molecule has 2 nitrogen and oxygen atoms in total. The molecule has 3 heteroatoms. The highest BCUT2D eigenvalue weighted by Gasteiger charge is 2.16. The molecule has 96 valence electrons. The van der Waals surface area contributed by atoms with Crippen LogP contribution in [0, 0.1) is 13.8 Å². The summed E-state index contributed by atoms with van der Waals surface area (Å²) in [7, 11) is -0.835. The Morgan fingerprint density at radius 2 is 2.00 bits per heavy atom. The van der Waals surface area contributed by atoms with Crippen LogP contribution in [0.3, 0.4) is 0 Å². The Kier molecular flexibility index (Phi) is 5.34. The maximum atomic E-state index is 12.0. The molecule has 0 saturated heterocycles. The van der Waals surface area contributed by atoms with Crippen molar-refractivity contribution >= 4 is 10.8 Å². The van der Waals surface area contributed by atoms with Crippen LogP contribution in [0.15, 0.2) is 18.2 Å². The Morgan fingerprint density at radius 3 is 2.59 bits per heavy atom. The topological polar surface area (TPSA) is 43.1 Å². The zero-order chi connectivity index (χ0) is 13.0. The highest BCUT2D eigenvalue weighted by molar-refractivity contribution is 7.85. The van der Waals surface area contributed by atoms with E-state index in [-0.39, 0.29) is 11.3 Å². The summed E-state index contributed by atoms with van der Waals surface area (Å²) in [6, 6.07) is 6.14. The first kappa shape index (κ1) is 14.4. The molecule has 0 spiro atoms. The van der Waals surface area contributed by atoms with E-state index >= 15 is 0 Å². The van der Waals surface area contributed by atoms with Gasteiger partial charge < -0.3 is 5.73 Å². The second-order valence-corrected chi connectivity index (χ2v) is 6.63. The smallest absolute Gasteiger partial charge is 0.0431 e. The lowest BCUT2D eigenvalue weighted by molar-refractivity contribution is 0.661. The molecule has 0 bridgehead atoms. The molecule has 1 aromatic carbocycles. The molecule has 1 rings (SSSR count). The third kappa shape index (κ3) is 3.93. The standard InChI is InChI=1S/C14H23NOS/c1-5-12(4)17(16)9-14(15)13-8-10(2)6-7-11(13)3/h6-8,12,14H,5,9,15H2,1-4H3. The van der Waals surface area contributed by atoms with Gasteiger partial charge in [0.2, 0.25) is 0 Å². The second kappa shape index (κ2) is 6.31. The Balaban J connectivity index is 2.79. The summed E-state index contributed by atoms with van der Waals surface area (Å²) >= 11 is 0. The Morgan fingerprint density at radius 1 is 1.35 bits per heavy atom. The number of hydrogen-bond acceptors (Lipinski definition) is 2. The van der Waals surface area contributed by atoms with Gasteiger partial charge in [0.1, 0.15) is 0 Å². The fourth-order valence-corrected chi connectivity index (χ4v) is 3.01. The van der Waals surface area contributed by atoms with E-state index in [0.29, 0.717) is 5.75 Å². The first-order valence-corrected chi connectivity index (χ1v) is 7.53. The molecule has 0 aliphatic heterocycles. The quantitative estimate of drug-likeness (QED) is 0.877. The number of benzene rings is 1. The van der Waals surface area contributed by atoms with Gasteiger partial charge in [0.05, 0.1) is 0 Å². The third-order valence-corrected chi connectivity index (χ3v) is 5.12. The molecule has 0 heterocycles. The fraction of sp³-hybridized carbons (Fsp3) is 0.571. The Labute approximate surface area is 107 Å². The van der Waals surface area contributed by atoms with E-state index in [9.17, 15) is 4.21 Å². The third-order valence-electron chi connectivity index (χ3n) is 3.20. The average molecular weight is 253 g/mol. The Bertz CT molecular complexity index is 403. The average Bonchev–Trinajstić information content (AvgIpc) is 2.30. The van der Waals surface area contributed by atoms with E-state index in [1.807, 2.05) is 6.92 Å². The number of rotatable bonds is 5. The molecule has 1 aromatic rings. The zero-order valence-corrected chi connectivity index (χ0v) is 12.0. The number of aryl methyl sites for hydroxylation is 2. The molecular weight excluding hydrogens is 230 g/mol. The molecule has 0 saturated carbocycles. The molecule has 0 fully saturated rings. The molecule has 2 N–H and O–H groups in total. The van der Waals surface area contributed by atoms with Gasteiger partial charge in [0.15, 0.2) is 0 Å². The van der Waals surface area contributed by atoms with Crippen molar-refractivity contribution in [3.8, 4) is 0 Å². The van der Waals surface area contributed by atoms with Crippen LogP contribution in [-0.2, 0) is 10.8 Å². The van der Waals surface area contributed by atoms with Crippen LogP contribution < -0.4 is 5.73 Å². The molecule has 0 aromatic heterocycles. The summed E-state index contributed by atoms with van der Waals surface area (Å²) in [4.78, 5) is 0. The summed E-state index contributed by atoms with van der Waals surface area (Å²) in [5.41, 5.74) is 9.68. The van der Waals surface area contributed by atoms with Crippen molar-refractivity contribution in [2.75, 3.05) is 5.75 Å². The fourth-order valence-electron chi connectivity index (χ4n) is 1.78. The van der Waals surface area contributed by atoms with Crippen LogP contribution in [0.4, 0.5) is 0 Å². The predicted molar refractivity (Wildman–Crippen MR) is 75.6 cm³/mol. The molecule has 0 amide bonds. The first-order valence-electron chi connectivity index (χ1n) is 6.15. The van der Waals surface area contributed by atoms with E-state index in [1.54, 1.807) is 0 Å². The highest BCUT2D eigenvalue weighted by atomic mass is 32.2. The van der Waals surface area contributed by atoms with Crippen molar-refractivity contribution in [3.05, 3.63) is 34.9 Å². The monoisotopic (exact) mass is 253 g/mol. The van der Waals surface area contributed by atoms with Crippen LogP contribution in [0.1, 0.15) is 43.0 Å². The molecule has 3 atom stereocenters. The first-order chi connectivity index (χ1) is 7.95. The number of hydrogen-bond donors (Lipinski definition) is 1. The summed E-state index contributed by atoms with van der Waals surface area (Å²) in [5, 5.41) is 0.228. The van der Waals surface area contributed by atoms with Gasteiger partial charge in [-0.15, -0.1) is 0 Å². The van der Waals surface area contributed by atoms with Gasteiger partial charge in [0.25, 0.3) is 0 Å². The van der Waals surface area contributed by atoms with Gasteiger partial charge in [-0.1, -0.05) is 37.6 Å². The summed E-state index contributed by atoms with van der Waals surface area (Å²) in [6.45, 7) is 8.19. The highest BCUT2D eigenvalue weighted by Crippen LogP contribution is 2.19. The lowest BCUT2D eigenvalue weighted by Crippen LogP contribution is -2.24. The molecule has 17 heavy (non-hydrogen) atoms. The summed E-state index contributed by atoms with van der Waals surface area (Å²) in [5.74, 6) is 0.555. The minimum atomic E-state index is -0.835. The maximum Gasteiger partial charge on any atom is 0.0431 e. The second-order valence-electron chi connectivity index (χ2n) is 4.73. The molecule has 3 unspecified atom stereocenters. The van der Waals surface area contributed by atoms with E-state index in [0.717, 1.165) is 12.0 Å². The van der Waals surface area contributed by atoms with Gasteiger partial charge in [-0.2, -0.15) is 0 Å². The van der Waals surface area contributed by atoms with Crippen molar-refractivity contribution in [1.82, 2.24) is 0 Å². The largest absolute Gasteiger partial charge is 0.323 e. The lowest BCUT2D eigenvalue weighted by atomic mass is 10.0. The van der Waals surface area contributed by atoms with Crippen LogP contribution in [-0.4, -0.2) is 15.2 Å². The Hall–Kier alpha value is -0.670. The van der Waals surface area contributed by atoms with Gasteiger partial charge in [-0.3, -0.25) is 4.21 Å². The van der Waals surface area contributed by atoms with E-state index in [1.165, 1.54) is 11.1 Å². The van der Waals surface area contributed by atoms with E-state index in [2.05, 4.69) is 39.0 Å². The van der Waals surface area contributed by atoms with E-state index < -0.39 is 10.8 Å². The molecular formula is C14H23NOS. The van der Waals surface area contributed by atoms with Crippen molar-refractivity contribution in [3.63, 3.8) is 0 Å². The minimum Gasteiger partial charge on any atom is -0.323 e. The summed E-state index contributed by atoms with van der Waals surface area (Å²) in [6.07, 6.45) is 0.937. The SMILES string of the molecule is CCC(C)S(=O)CC(N)c1cc(C)ccc1C. The normalized spacial score (nSPS) is 16.5. The van der Waals surface area contributed by atoms with Crippen molar-refractivity contribution in [2.45, 2.75) is 45.4 Å². The molecule has 0 aliphatic carbocycles. The van der Waals surface area contributed by atoms with Crippen LogP contribution in [0.5, 0.6) is 0 Å². The maximum absolute atomic E-state index is 12.0. The van der Waals surface area contributed by atoms with Crippen molar-refractivity contribution in [2.24, 2.45) is 5.73 Å². The predicted octanol–water partition coefficient (Wildman–Crippen LogP) is 2.85. The van der Waals surface area contributed by atoms with Crippen molar-refractivity contribution < 1.29 is 4.21 Å². The van der Waals surface area contributed by atoms with Crippen LogP contribution in [0.2, 0.25) is 0 Å². The zero-order valence-electron chi connectivity index (χ0n) is 11.2. The van der Waals surface area contributed by atoms with Gasteiger partial charge in [-0.25, -0.2) is 0 Å². The molecule has 0 aliphatic rings. The summed E-state index contributed by atoms with van der Waals surface area (Å²) < 4.78 is 12.0. The van der Waals surface area contributed by atoms with Crippen LogP contribution in [0.25, 0.3) is 0 Å². The van der Waals surface area contributed by atoms with Gasteiger partial charge in [-0.05, 0) is 31.4 Å². The lowest BCUT2D eigenvalue weighted by Gasteiger charge is -2.17. The minimum absolute atomic E-state index is 0.121. The van der Waals surface area contributed by atoms with Crippen LogP contribution >= 0.6 is 0 Å².